The van der Waals surface area contributed by atoms with Crippen molar-refractivity contribution in [2.75, 3.05) is 6.54 Å². The molecule has 1 amide bonds. The van der Waals surface area contributed by atoms with Gasteiger partial charge in [-0.1, -0.05) is 30.3 Å². The van der Waals surface area contributed by atoms with Crippen LogP contribution < -0.4 is 11.5 Å². The lowest BCUT2D eigenvalue weighted by atomic mass is 9.90. The Kier molecular flexibility index (Phi) is 4.77. The van der Waals surface area contributed by atoms with Gasteiger partial charge in [-0.2, -0.15) is 0 Å². The quantitative estimate of drug-likeness (QED) is 0.631. The van der Waals surface area contributed by atoms with E-state index in [4.69, 9.17) is 16.2 Å². The van der Waals surface area contributed by atoms with Gasteiger partial charge >= 0.3 is 5.97 Å². The van der Waals surface area contributed by atoms with Crippen LogP contribution in [0.3, 0.4) is 0 Å². The van der Waals surface area contributed by atoms with Gasteiger partial charge in [-0.3, -0.25) is 9.69 Å². The van der Waals surface area contributed by atoms with E-state index in [-0.39, 0.29) is 19.1 Å². The van der Waals surface area contributed by atoms with Crippen molar-refractivity contribution in [3.05, 3.63) is 35.9 Å². The number of ether oxygens (including phenoxy) is 1. The average molecular weight is 319 g/mol. The van der Waals surface area contributed by atoms with Crippen molar-refractivity contribution < 1.29 is 14.3 Å². The second-order valence-electron chi connectivity index (χ2n) is 7.03. The smallest absolute Gasteiger partial charge is 0.336 e. The molecule has 1 aliphatic rings. The molecule has 0 spiro atoms. The number of amides is 1. The molecule has 0 aromatic heterocycles. The lowest BCUT2D eigenvalue weighted by Gasteiger charge is -2.42. The predicted molar refractivity (Wildman–Crippen MR) is 87.2 cm³/mol. The number of rotatable bonds is 4. The van der Waals surface area contributed by atoms with Crippen molar-refractivity contribution in [2.45, 2.75) is 50.9 Å². The first kappa shape index (κ1) is 17.4. The Morgan fingerprint density at radius 3 is 2.43 bits per heavy atom. The Morgan fingerprint density at radius 1 is 1.30 bits per heavy atom. The van der Waals surface area contributed by atoms with E-state index in [1.165, 1.54) is 0 Å². The number of carbonyl (C=O) groups excluding carboxylic acids is 2. The standard InChI is InChI=1S/C17H25N3O3/c1-16(2,3)20-10-13(18)9-17(20,14(19)21)15(22)23-11-12-7-5-4-6-8-12/h4-8,13H,9-11,18H2,1-3H3,(H2,19,21)/t13-,17+/m1/s1. The predicted octanol–water partition coefficient (Wildman–Crippen LogP) is 0.785. The molecule has 126 valence electrons. The highest BCUT2D eigenvalue weighted by Gasteiger charge is 2.59. The Hall–Kier alpha value is -1.92. The minimum atomic E-state index is -1.51. The number of carbonyl (C=O) groups is 2. The molecule has 0 aliphatic carbocycles. The third-order valence-electron chi connectivity index (χ3n) is 4.20. The van der Waals surface area contributed by atoms with Crippen molar-refractivity contribution >= 4 is 11.9 Å². The topological polar surface area (TPSA) is 98.6 Å². The van der Waals surface area contributed by atoms with Crippen LogP contribution in [0.15, 0.2) is 30.3 Å². The van der Waals surface area contributed by atoms with Crippen LogP contribution in [0.2, 0.25) is 0 Å². The van der Waals surface area contributed by atoms with Crippen molar-refractivity contribution in [1.29, 1.82) is 0 Å². The summed E-state index contributed by atoms with van der Waals surface area (Å²) in [5.74, 6) is -1.34. The summed E-state index contributed by atoms with van der Waals surface area (Å²) in [6.45, 7) is 6.29. The summed E-state index contributed by atoms with van der Waals surface area (Å²) in [5, 5.41) is 0. The van der Waals surface area contributed by atoms with Crippen molar-refractivity contribution in [1.82, 2.24) is 4.90 Å². The van der Waals surface area contributed by atoms with Crippen LogP contribution in [0, 0.1) is 0 Å². The molecule has 1 fully saturated rings. The third kappa shape index (κ3) is 3.38. The summed E-state index contributed by atoms with van der Waals surface area (Å²) in [7, 11) is 0. The number of hydrogen-bond acceptors (Lipinski definition) is 5. The average Bonchev–Trinajstić information content (AvgIpc) is 2.85. The van der Waals surface area contributed by atoms with Gasteiger partial charge in [0, 0.05) is 24.5 Å². The van der Waals surface area contributed by atoms with Crippen LogP contribution in [-0.2, 0) is 20.9 Å². The first-order valence-corrected chi connectivity index (χ1v) is 7.72. The van der Waals surface area contributed by atoms with Crippen LogP contribution in [-0.4, -0.2) is 40.4 Å². The summed E-state index contributed by atoms with van der Waals surface area (Å²) in [4.78, 5) is 26.7. The molecule has 0 saturated carbocycles. The van der Waals surface area contributed by atoms with Crippen LogP contribution >= 0.6 is 0 Å². The SMILES string of the molecule is CC(C)(C)N1C[C@H](N)C[C@]1(C(N)=O)C(=O)OCc1ccccc1. The van der Waals surface area contributed by atoms with Crippen molar-refractivity contribution in [3.8, 4) is 0 Å². The highest BCUT2D eigenvalue weighted by Crippen LogP contribution is 2.36. The molecule has 2 rings (SSSR count). The molecule has 1 heterocycles. The second kappa shape index (κ2) is 6.29. The normalized spacial score (nSPS) is 25.3. The van der Waals surface area contributed by atoms with Crippen molar-refractivity contribution in [2.24, 2.45) is 11.5 Å². The zero-order valence-electron chi connectivity index (χ0n) is 13.9. The summed E-state index contributed by atoms with van der Waals surface area (Å²) in [5.41, 5.74) is 10.5. The van der Waals surface area contributed by atoms with Gasteiger partial charge < -0.3 is 16.2 Å². The maximum absolute atomic E-state index is 12.8. The first-order chi connectivity index (χ1) is 10.7. The molecular formula is C17H25N3O3. The van der Waals surface area contributed by atoms with Crippen LogP contribution in [0.1, 0.15) is 32.8 Å². The third-order valence-corrected chi connectivity index (χ3v) is 4.20. The van der Waals surface area contributed by atoms with Crippen LogP contribution in [0.5, 0.6) is 0 Å². The van der Waals surface area contributed by atoms with Gasteiger partial charge in [0.05, 0.1) is 0 Å². The lowest BCUT2D eigenvalue weighted by molar-refractivity contribution is -0.165. The van der Waals surface area contributed by atoms with E-state index >= 15 is 0 Å². The van der Waals surface area contributed by atoms with Crippen LogP contribution in [0.25, 0.3) is 0 Å². The van der Waals surface area contributed by atoms with Gasteiger partial charge in [-0.05, 0) is 26.3 Å². The fraction of sp³-hybridized carbons (Fsp3) is 0.529. The molecule has 2 atom stereocenters. The van der Waals surface area contributed by atoms with Gasteiger partial charge in [-0.15, -0.1) is 0 Å². The van der Waals surface area contributed by atoms with Gasteiger partial charge in [0.25, 0.3) is 0 Å². The number of primary amides is 1. The lowest BCUT2D eigenvalue weighted by Crippen LogP contribution is -2.64. The Bertz CT molecular complexity index is 582. The highest BCUT2D eigenvalue weighted by atomic mass is 16.5. The fourth-order valence-electron chi connectivity index (χ4n) is 3.16. The van der Waals surface area contributed by atoms with E-state index < -0.39 is 23.0 Å². The van der Waals surface area contributed by atoms with Crippen molar-refractivity contribution in [3.63, 3.8) is 0 Å². The molecule has 6 nitrogen and oxygen atoms in total. The molecule has 23 heavy (non-hydrogen) atoms. The van der Waals surface area contributed by atoms with Gasteiger partial charge in [0.15, 0.2) is 0 Å². The number of nitrogens with two attached hydrogens (primary N) is 2. The zero-order chi connectivity index (χ0) is 17.3. The molecule has 1 saturated heterocycles. The zero-order valence-corrected chi connectivity index (χ0v) is 13.9. The largest absolute Gasteiger partial charge is 0.459 e. The maximum Gasteiger partial charge on any atom is 0.336 e. The summed E-state index contributed by atoms with van der Waals surface area (Å²) >= 11 is 0. The Labute approximate surface area is 136 Å². The molecule has 0 radical (unpaired) electrons. The monoisotopic (exact) mass is 319 g/mol. The minimum absolute atomic E-state index is 0.0991. The molecule has 0 bridgehead atoms. The number of nitrogens with zero attached hydrogens (tertiary/aromatic N) is 1. The molecule has 4 N–H and O–H groups in total. The van der Waals surface area contributed by atoms with Crippen LogP contribution in [0.4, 0.5) is 0 Å². The van der Waals surface area contributed by atoms with E-state index in [1.807, 2.05) is 51.1 Å². The number of likely N-dealkylation sites (tertiary alicyclic amines) is 1. The summed E-state index contributed by atoms with van der Waals surface area (Å²) < 4.78 is 5.41. The summed E-state index contributed by atoms with van der Waals surface area (Å²) in [6, 6.07) is 9.01. The maximum atomic E-state index is 12.8. The first-order valence-electron chi connectivity index (χ1n) is 7.72. The number of hydrogen-bond donors (Lipinski definition) is 2. The fourth-order valence-corrected chi connectivity index (χ4v) is 3.16. The number of esters is 1. The van der Waals surface area contributed by atoms with Gasteiger partial charge in [0.2, 0.25) is 11.4 Å². The summed E-state index contributed by atoms with van der Waals surface area (Å²) in [6.07, 6.45) is 0.174. The second-order valence-corrected chi connectivity index (χ2v) is 7.03. The van der Waals surface area contributed by atoms with E-state index in [9.17, 15) is 9.59 Å². The van der Waals surface area contributed by atoms with Gasteiger partial charge in [0.1, 0.15) is 6.61 Å². The van der Waals surface area contributed by atoms with E-state index in [2.05, 4.69) is 0 Å². The van der Waals surface area contributed by atoms with Gasteiger partial charge in [-0.25, -0.2) is 4.79 Å². The molecule has 1 aromatic carbocycles. The Morgan fingerprint density at radius 2 is 1.91 bits per heavy atom. The molecule has 1 aliphatic heterocycles. The van der Waals surface area contributed by atoms with E-state index in [0.29, 0.717) is 6.54 Å². The number of benzene rings is 1. The minimum Gasteiger partial charge on any atom is -0.459 e. The highest BCUT2D eigenvalue weighted by molar-refractivity contribution is 6.07. The van der Waals surface area contributed by atoms with E-state index in [1.54, 1.807) is 4.90 Å². The molecular weight excluding hydrogens is 294 g/mol. The molecule has 6 heteroatoms. The molecule has 1 aromatic rings. The van der Waals surface area contributed by atoms with E-state index in [0.717, 1.165) is 5.56 Å². The Balaban J connectivity index is 2.25. The molecule has 0 unspecified atom stereocenters.